The molecule has 4 nitrogen and oxygen atoms in total. The Kier molecular flexibility index (Phi) is 3.84. The third-order valence-electron chi connectivity index (χ3n) is 2.24. The van der Waals surface area contributed by atoms with Crippen LogP contribution in [0.15, 0.2) is 18.2 Å². The van der Waals surface area contributed by atoms with Gasteiger partial charge in [-0.2, -0.15) is 0 Å². The standard InChI is InChI=1S/C11H15FN2O2/c1-6(2)10(13)11(16)14-7-3-4-9(15)8(12)5-7/h3-6,10,15H,13H2,1-2H3,(H,14,16). The van der Waals surface area contributed by atoms with Crippen LogP contribution in [0, 0.1) is 11.7 Å². The molecule has 88 valence electrons. The molecular formula is C11H15FN2O2. The molecule has 1 atom stereocenters. The second kappa shape index (κ2) is 4.94. The van der Waals surface area contributed by atoms with Gasteiger partial charge in [0.15, 0.2) is 11.6 Å². The average molecular weight is 226 g/mol. The van der Waals surface area contributed by atoms with E-state index < -0.39 is 17.6 Å². The number of hydrogen-bond acceptors (Lipinski definition) is 3. The molecule has 0 aliphatic carbocycles. The molecule has 0 aromatic heterocycles. The van der Waals surface area contributed by atoms with Crippen LogP contribution in [0.25, 0.3) is 0 Å². The fourth-order valence-electron chi connectivity index (χ4n) is 1.11. The number of halogens is 1. The second-order valence-electron chi connectivity index (χ2n) is 3.93. The number of nitrogens with one attached hydrogen (secondary N) is 1. The first-order chi connectivity index (χ1) is 7.41. The molecule has 4 N–H and O–H groups in total. The van der Waals surface area contributed by atoms with Crippen molar-refractivity contribution in [1.29, 1.82) is 0 Å². The molecule has 0 spiro atoms. The lowest BCUT2D eigenvalue weighted by atomic mass is 10.0. The molecule has 0 radical (unpaired) electrons. The van der Waals surface area contributed by atoms with E-state index >= 15 is 0 Å². The molecule has 0 saturated carbocycles. The number of hydrogen-bond donors (Lipinski definition) is 3. The van der Waals surface area contributed by atoms with E-state index in [1.54, 1.807) is 0 Å². The van der Waals surface area contributed by atoms with Crippen LogP contribution in [0.3, 0.4) is 0 Å². The summed E-state index contributed by atoms with van der Waals surface area (Å²) in [6.45, 7) is 3.64. The summed E-state index contributed by atoms with van der Waals surface area (Å²) in [6.07, 6.45) is 0. The lowest BCUT2D eigenvalue weighted by Gasteiger charge is -2.15. The largest absolute Gasteiger partial charge is 0.505 e. The van der Waals surface area contributed by atoms with Crippen LogP contribution in [0.2, 0.25) is 0 Å². The fraction of sp³-hybridized carbons (Fsp3) is 0.364. The Morgan fingerprint density at radius 1 is 1.50 bits per heavy atom. The van der Waals surface area contributed by atoms with Crippen molar-refractivity contribution in [2.24, 2.45) is 11.7 Å². The van der Waals surface area contributed by atoms with Crippen LogP contribution in [-0.4, -0.2) is 17.1 Å². The van der Waals surface area contributed by atoms with Crippen LogP contribution in [0.4, 0.5) is 10.1 Å². The Labute approximate surface area is 93.3 Å². The molecule has 1 aromatic rings. The number of carbonyl (C=O) groups excluding carboxylic acids is 1. The van der Waals surface area contributed by atoms with E-state index in [0.717, 1.165) is 6.07 Å². The van der Waals surface area contributed by atoms with E-state index in [-0.39, 0.29) is 17.5 Å². The van der Waals surface area contributed by atoms with Crippen molar-refractivity contribution >= 4 is 11.6 Å². The second-order valence-corrected chi connectivity index (χ2v) is 3.93. The Morgan fingerprint density at radius 2 is 2.12 bits per heavy atom. The van der Waals surface area contributed by atoms with Crippen LogP contribution >= 0.6 is 0 Å². The third kappa shape index (κ3) is 2.93. The van der Waals surface area contributed by atoms with Crippen molar-refractivity contribution < 1.29 is 14.3 Å². The van der Waals surface area contributed by atoms with E-state index in [9.17, 15) is 9.18 Å². The molecule has 0 aliphatic heterocycles. The minimum absolute atomic E-state index is 0.00182. The summed E-state index contributed by atoms with van der Waals surface area (Å²) >= 11 is 0. The highest BCUT2D eigenvalue weighted by atomic mass is 19.1. The first kappa shape index (κ1) is 12.4. The third-order valence-corrected chi connectivity index (χ3v) is 2.24. The Bertz CT molecular complexity index is 394. The topological polar surface area (TPSA) is 75.4 Å². The molecule has 0 heterocycles. The van der Waals surface area contributed by atoms with Gasteiger partial charge in [-0.15, -0.1) is 0 Å². The van der Waals surface area contributed by atoms with Crippen LogP contribution in [0.5, 0.6) is 5.75 Å². The lowest BCUT2D eigenvalue weighted by Crippen LogP contribution is -2.39. The van der Waals surface area contributed by atoms with E-state index in [2.05, 4.69) is 5.32 Å². The number of carbonyl (C=O) groups is 1. The first-order valence-electron chi connectivity index (χ1n) is 4.96. The number of nitrogens with two attached hydrogens (primary N) is 1. The van der Waals surface area contributed by atoms with E-state index in [0.29, 0.717) is 0 Å². The maximum atomic E-state index is 13.0. The van der Waals surface area contributed by atoms with Gasteiger partial charge < -0.3 is 16.2 Å². The summed E-state index contributed by atoms with van der Waals surface area (Å²) in [4.78, 5) is 11.5. The Morgan fingerprint density at radius 3 is 2.62 bits per heavy atom. The van der Waals surface area contributed by atoms with E-state index in [1.165, 1.54) is 12.1 Å². The van der Waals surface area contributed by atoms with Gasteiger partial charge in [0.05, 0.1) is 6.04 Å². The van der Waals surface area contributed by atoms with Gasteiger partial charge in [-0.25, -0.2) is 4.39 Å². The number of phenolic OH excluding ortho intramolecular Hbond substituents is 1. The summed E-state index contributed by atoms with van der Waals surface area (Å²) in [6, 6.07) is 2.98. The zero-order chi connectivity index (χ0) is 12.3. The summed E-state index contributed by atoms with van der Waals surface area (Å²) in [5.74, 6) is -1.61. The predicted molar refractivity (Wildman–Crippen MR) is 59.5 cm³/mol. The maximum Gasteiger partial charge on any atom is 0.241 e. The normalized spacial score (nSPS) is 12.6. The number of phenols is 1. The summed E-state index contributed by atoms with van der Waals surface area (Å²) < 4.78 is 13.0. The van der Waals surface area contributed by atoms with Crippen molar-refractivity contribution in [1.82, 2.24) is 0 Å². The molecule has 1 unspecified atom stereocenters. The molecular weight excluding hydrogens is 211 g/mol. The monoisotopic (exact) mass is 226 g/mol. The SMILES string of the molecule is CC(C)C(N)C(=O)Nc1ccc(O)c(F)c1. The van der Waals surface area contributed by atoms with Crippen molar-refractivity contribution in [2.45, 2.75) is 19.9 Å². The fourth-order valence-corrected chi connectivity index (χ4v) is 1.11. The molecule has 1 aromatic carbocycles. The van der Waals surface area contributed by atoms with Gasteiger partial charge in [0.25, 0.3) is 0 Å². The number of anilines is 1. The molecule has 16 heavy (non-hydrogen) atoms. The van der Waals surface area contributed by atoms with Crippen LogP contribution in [0.1, 0.15) is 13.8 Å². The van der Waals surface area contributed by atoms with Gasteiger partial charge in [0, 0.05) is 11.8 Å². The van der Waals surface area contributed by atoms with Crippen LogP contribution < -0.4 is 11.1 Å². The van der Waals surface area contributed by atoms with Gasteiger partial charge in [0.2, 0.25) is 5.91 Å². The summed E-state index contributed by atoms with van der Waals surface area (Å²) in [5.41, 5.74) is 5.90. The Balaban J connectivity index is 2.74. The number of benzene rings is 1. The minimum atomic E-state index is -0.782. The van der Waals surface area contributed by atoms with Crippen LogP contribution in [-0.2, 0) is 4.79 Å². The zero-order valence-electron chi connectivity index (χ0n) is 9.20. The van der Waals surface area contributed by atoms with E-state index in [4.69, 9.17) is 10.8 Å². The highest BCUT2D eigenvalue weighted by Gasteiger charge is 2.17. The summed E-state index contributed by atoms with van der Waals surface area (Å²) in [5, 5.41) is 11.4. The number of rotatable bonds is 3. The molecule has 0 bridgehead atoms. The highest BCUT2D eigenvalue weighted by molar-refractivity contribution is 5.94. The molecule has 0 aliphatic rings. The summed E-state index contributed by atoms with van der Waals surface area (Å²) in [7, 11) is 0. The minimum Gasteiger partial charge on any atom is -0.505 e. The van der Waals surface area contributed by atoms with Gasteiger partial charge in [-0.05, 0) is 18.1 Å². The van der Waals surface area contributed by atoms with E-state index in [1.807, 2.05) is 13.8 Å². The first-order valence-corrected chi connectivity index (χ1v) is 4.96. The molecule has 0 fully saturated rings. The Hall–Kier alpha value is -1.62. The quantitative estimate of drug-likeness (QED) is 0.683. The van der Waals surface area contributed by atoms with Gasteiger partial charge >= 0.3 is 0 Å². The smallest absolute Gasteiger partial charge is 0.241 e. The van der Waals surface area contributed by atoms with Crippen molar-refractivity contribution in [3.8, 4) is 5.75 Å². The maximum absolute atomic E-state index is 13.0. The number of aromatic hydroxyl groups is 1. The predicted octanol–water partition coefficient (Wildman–Crippen LogP) is 1.45. The number of amides is 1. The van der Waals surface area contributed by atoms with Crippen molar-refractivity contribution in [2.75, 3.05) is 5.32 Å². The van der Waals surface area contributed by atoms with Gasteiger partial charge in [-0.1, -0.05) is 13.8 Å². The van der Waals surface area contributed by atoms with Gasteiger partial charge in [-0.3, -0.25) is 4.79 Å². The molecule has 1 rings (SSSR count). The highest BCUT2D eigenvalue weighted by Crippen LogP contribution is 2.19. The van der Waals surface area contributed by atoms with Crippen molar-refractivity contribution in [3.05, 3.63) is 24.0 Å². The average Bonchev–Trinajstić information content (AvgIpc) is 2.22. The zero-order valence-corrected chi connectivity index (χ0v) is 9.20. The van der Waals surface area contributed by atoms with Gasteiger partial charge in [0.1, 0.15) is 0 Å². The molecule has 5 heteroatoms. The molecule has 0 saturated heterocycles. The lowest BCUT2D eigenvalue weighted by molar-refractivity contribution is -0.118. The molecule has 1 amide bonds. The van der Waals surface area contributed by atoms with Crippen molar-refractivity contribution in [3.63, 3.8) is 0 Å².